The summed E-state index contributed by atoms with van der Waals surface area (Å²) in [6.45, 7) is 3.69. The summed E-state index contributed by atoms with van der Waals surface area (Å²) in [5.41, 5.74) is 2.53. The summed E-state index contributed by atoms with van der Waals surface area (Å²) in [7, 11) is -0.233. The predicted molar refractivity (Wildman–Crippen MR) is 130 cm³/mol. The summed E-state index contributed by atoms with van der Waals surface area (Å²) in [6.07, 6.45) is 7.62. The predicted octanol–water partition coefficient (Wildman–Crippen LogP) is 2.56. The summed E-state index contributed by atoms with van der Waals surface area (Å²) < 4.78 is 27.6. The molecule has 0 aliphatic rings. The van der Waals surface area contributed by atoms with Crippen molar-refractivity contribution in [1.82, 2.24) is 34.5 Å². The molecule has 0 spiro atoms. The molecule has 4 rings (SSSR count). The van der Waals surface area contributed by atoms with E-state index in [1.54, 1.807) is 35.3 Å². The van der Waals surface area contributed by atoms with Gasteiger partial charge in [0.05, 0.1) is 24.0 Å². The van der Waals surface area contributed by atoms with Gasteiger partial charge in [-0.25, -0.2) is 38.3 Å². The van der Waals surface area contributed by atoms with Gasteiger partial charge in [0.1, 0.15) is 29.6 Å². The van der Waals surface area contributed by atoms with Gasteiger partial charge in [-0.1, -0.05) is 0 Å². The topological polar surface area (TPSA) is 144 Å². The molecule has 0 saturated carbocycles. The molecule has 12 nitrogen and oxygen atoms in total. The van der Waals surface area contributed by atoms with Crippen molar-refractivity contribution in [2.45, 2.75) is 13.8 Å². The Kier molecular flexibility index (Phi) is 6.11. The Bertz CT molecular complexity index is 1430. The third kappa shape index (κ3) is 5.26. The highest BCUT2D eigenvalue weighted by Gasteiger charge is 2.19. The second-order valence-corrected chi connectivity index (χ2v) is 9.74. The average molecular weight is 481 g/mol. The minimum absolute atomic E-state index is 0.311. The number of sulfonamides is 1. The Labute approximate surface area is 197 Å². The molecular formula is C21H24N10O2S. The Balaban J connectivity index is 1.67. The van der Waals surface area contributed by atoms with Gasteiger partial charge in [0.25, 0.3) is 0 Å². The Morgan fingerprint density at radius 1 is 0.941 bits per heavy atom. The SMILES string of the molecule is Cc1cc(Nc2cc(Nc3ncc(-c4cn(C)cn4)cc3N(C)S(C)(=O)=O)ncn2)nc(C)n1. The van der Waals surface area contributed by atoms with Gasteiger partial charge < -0.3 is 15.2 Å². The van der Waals surface area contributed by atoms with Crippen LogP contribution in [-0.2, 0) is 17.1 Å². The lowest BCUT2D eigenvalue weighted by molar-refractivity contribution is 0.600. The van der Waals surface area contributed by atoms with Crippen molar-refractivity contribution in [1.29, 1.82) is 0 Å². The van der Waals surface area contributed by atoms with E-state index in [1.165, 1.54) is 13.4 Å². The van der Waals surface area contributed by atoms with Gasteiger partial charge >= 0.3 is 0 Å². The molecule has 0 bridgehead atoms. The van der Waals surface area contributed by atoms with E-state index in [4.69, 9.17) is 0 Å². The highest BCUT2D eigenvalue weighted by atomic mass is 32.2. The molecule has 0 aliphatic carbocycles. The summed E-state index contributed by atoms with van der Waals surface area (Å²) in [5.74, 6) is 2.47. The van der Waals surface area contributed by atoms with Crippen LogP contribution in [0.15, 0.2) is 43.2 Å². The van der Waals surface area contributed by atoms with E-state index < -0.39 is 10.0 Å². The number of imidazole rings is 1. The molecular weight excluding hydrogens is 456 g/mol. The van der Waals surface area contributed by atoms with Crippen molar-refractivity contribution < 1.29 is 8.42 Å². The lowest BCUT2D eigenvalue weighted by Gasteiger charge is -2.20. The average Bonchev–Trinajstić information content (AvgIpc) is 3.19. The van der Waals surface area contributed by atoms with Crippen molar-refractivity contribution in [3.63, 3.8) is 0 Å². The molecule has 13 heteroatoms. The van der Waals surface area contributed by atoms with Crippen LogP contribution in [0.1, 0.15) is 11.5 Å². The lowest BCUT2D eigenvalue weighted by atomic mass is 10.2. The molecule has 0 atom stereocenters. The molecule has 4 aromatic rings. The maximum atomic E-state index is 12.3. The van der Waals surface area contributed by atoms with Gasteiger partial charge in [-0.05, 0) is 19.9 Å². The van der Waals surface area contributed by atoms with Gasteiger partial charge in [0.15, 0.2) is 5.82 Å². The minimum atomic E-state index is -3.55. The monoisotopic (exact) mass is 480 g/mol. The van der Waals surface area contributed by atoms with Crippen LogP contribution in [-0.4, -0.2) is 56.2 Å². The molecule has 0 amide bonds. The van der Waals surface area contributed by atoms with Crippen molar-refractivity contribution in [3.05, 3.63) is 54.8 Å². The van der Waals surface area contributed by atoms with Crippen molar-refractivity contribution >= 4 is 39.0 Å². The van der Waals surface area contributed by atoms with Crippen LogP contribution in [0.25, 0.3) is 11.3 Å². The number of hydrogen-bond acceptors (Lipinski definition) is 10. The first-order valence-corrected chi connectivity index (χ1v) is 12.0. The number of pyridine rings is 1. The fourth-order valence-corrected chi connectivity index (χ4v) is 3.69. The van der Waals surface area contributed by atoms with Gasteiger partial charge in [-0.3, -0.25) is 4.31 Å². The molecule has 0 aliphatic heterocycles. The molecule has 0 radical (unpaired) electrons. The maximum absolute atomic E-state index is 12.3. The third-order valence-electron chi connectivity index (χ3n) is 4.84. The van der Waals surface area contributed by atoms with Crippen LogP contribution >= 0.6 is 0 Å². The van der Waals surface area contributed by atoms with E-state index in [1.807, 2.05) is 27.1 Å². The zero-order valence-corrected chi connectivity index (χ0v) is 20.2. The molecule has 34 heavy (non-hydrogen) atoms. The Hall–Kier alpha value is -4.13. The summed E-state index contributed by atoms with van der Waals surface area (Å²) in [5, 5.41) is 6.22. The van der Waals surface area contributed by atoms with Gasteiger partial charge in [-0.2, -0.15) is 0 Å². The number of aromatic nitrogens is 7. The first-order valence-electron chi connectivity index (χ1n) is 10.2. The van der Waals surface area contributed by atoms with E-state index >= 15 is 0 Å². The highest BCUT2D eigenvalue weighted by Crippen LogP contribution is 2.31. The minimum Gasteiger partial charge on any atom is -0.340 e. The van der Waals surface area contributed by atoms with Gasteiger partial charge in [0.2, 0.25) is 10.0 Å². The first-order chi connectivity index (χ1) is 16.1. The van der Waals surface area contributed by atoms with Crippen molar-refractivity contribution in [3.8, 4) is 11.3 Å². The van der Waals surface area contributed by atoms with E-state index in [0.29, 0.717) is 46.0 Å². The van der Waals surface area contributed by atoms with Crippen LogP contribution in [0.2, 0.25) is 0 Å². The second kappa shape index (κ2) is 9.02. The van der Waals surface area contributed by atoms with Gasteiger partial charge in [-0.15, -0.1) is 0 Å². The number of anilines is 5. The number of nitrogens with one attached hydrogen (secondary N) is 2. The van der Waals surface area contributed by atoms with Gasteiger partial charge in [0, 0.05) is 49.9 Å². The van der Waals surface area contributed by atoms with Crippen molar-refractivity contribution in [2.75, 3.05) is 28.2 Å². The normalized spacial score (nSPS) is 11.3. The number of hydrogen-bond donors (Lipinski definition) is 2. The van der Waals surface area contributed by atoms with E-state index in [9.17, 15) is 8.42 Å². The molecule has 2 N–H and O–H groups in total. The highest BCUT2D eigenvalue weighted by molar-refractivity contribution is 7.92. The Morgan fingerprint density at radius 2 is 1.68 bits per heavy atom. The maximum Gasteiger partial charge on any atom is 0.232 e. The number of rotatable bonds is 7. The summed E-state index contributed by atoms with van der Waals surface area (Å²) in [4.78, 5) is 25.9. The Morgan fingerprint density at radius 3 is 2.32 bits per heavy atom. The van der Waals surface area contributed by atoms with E-state index in [-0.39, 0.29) is 0 Å². The van der Waals surface area contributed by atoms with E-state index in [2.05, 4.69) is 40.5 Å². The fourth-order valence-electron chi connectivity index (χ4n) is 3.20. The fraction of sp³-hybridized carbons (Fsp3) is 0.238. The summed E-state index contributed by atoms with van der Waals surface area (Å²) >= 11 is 0. The van der Waals surface area contributed by atoms with Crippen LogP contribution in [0.3, 0.4) is 0 Å². The summed E-state index contributed by atoms with van der Waals surface area (Å²) in [6, 6.07) is 5.19. The molecule has 0 saturated heterocycles. The van der Waals surface area contributed by atoms with E-state index in [0.717, 1.165) is 16.3 Å². The second-order valence-electron chi connectivity index (χ2n) is 7.73. The van der Waals surface area contributed by atoms with Crippen LogP contribution < -0.4 is 14.9 Å². The molecule has 4 heterocycles. The van der Waals surface area contributed by atoms with Crippen LogP contribution in [0.4, 0.5) is 29.0 Å². The standard InChI is InChI=1S/C21H24N10O2S/c1-13-6-20(27-14(2)26-13)28-18-8-19(24-11-23-18)29-21-17(31(4)34(5,32)33)7-15(9-22-21)16-10-30(3)12-25-16/h6-12H,1-5H3,(H2,22,23,24,26,27,28,29). The molecule has 0 aromatic carbocycles. The first kappa shape index (κ1) is 23.0. The number of aryl methyl sites for hydroxylation is 3. The quantitative estimate of drug-likeness (QED) is 0.405. The zero-order chi connectivity index (χ0) is 24.5. The molecule has 4 aromatic heterocycles. The lowest BCUT2D eigenvalue weighted by Crippen LogP contribution is -2.26. The molecule has 176 valence electrons. The largest absolute Gasteiger partial charge is 0.340 e. The van der Waals surface area contributed by atoms with Crippen molar-refractivity contribution in [2.24, 2.45) is 7.05 Å². The smallest absolute Gasteiger partial charge is 0.232 e. The molecule has 0 fully saturated rings. The third-order valence-corrected chi connectivity index (χ3v) is 6.03. The molecule has 0 unspecified atom stereocenters. The number of nitrogens with zero attached hydrogens (tertiary/aromatic N) is 8. The van der Waals surface area contributed by atoms with Crippen LogP contribution in [0.5, 0.6) is 0 Å². The van der Waals surface area contributed by atoms with Crippen LogP contribution in [0, 0.1) is 13.8 Å². The zero-order valence-electron chi connectivity index (χ0n) is 19.3.